The number of hydrogen-bond acceptors (Lipinski definition) is 3. The van der Waals surface area contributed by atoms with Crippen LogP contribution in [-0.2, 0) is 16.6 Å². The Morgan fingerprint density at radius 3 is 2.69 bits per heavy atom. The van der Waals surface area contributed by atoms with Crippen LogP contribution in [0, 0.1) is 0 Å². The molecule has 0 spiro atoms. The molecule has 2 rings (SSSR count). The molecule has 0 N–H and O–H groups in total. The van der Waals surface area contributed by atoms with Gasteiger partial charge in [-0.2, -0.15) is 8.42 Å². The summed E-state index contributed by atoms with van der Waals surface area (Å²) in [6.07, 6.45) is 1.49. The van der Waals surface area contributed by atoms with Crippen molar-refractivity contribution in [1.29, 1.82) is 0 Å². The van der Waals surface area contributed by atoms with E-state index in [0.29, 0.717) is 6.42 Å². The lowest BCUT2D eigenvalue weighted by Crippen LogP contribution is -2.33. The number of halogens is 1. The molecule has 0 saturated carbocycles. The molecule has 0 aliphatic carbocycles. The van der Waals surface area contributed by atoms with Crippen molar-refractivity contribution in [2.75, 3.05) is 0 Å². The molecule has 1 heterocycles. The van der Waals surface area contributed by atoms with Crippen LogP contribution in [0.25, 0.3) is 0 Å². The van der Waals surface area contributed by atoms with Gasteiger partial charge in [0.1, 0.15) is 16.2 Å². The fourth-order valence-electron chi connectivity index (χ4n) is 1.83. The summed E-state index contributed by atoms with van der Waals surface area (Å²) >= 11 is 0. The average Bonchev–Trinajstić information content (AvgIpc) is 2.13. The largest absolute Gasteiger partial charge is 0.486 e. The Hall–Kier alpha value is -1.10. The molecule has 1 aromatic rings. The number of rotatable bonds is 1. The van der Waals surface area contributed by atoms with Crippen LogP contribution in [-0.4, -0.2) is 14.0 Å². The molecule has 0 aromatic heterocycles. The van der Waals surface area contributed by atoms with Crippen molar-refractivity contribution in [3.8, 4) is 5.75 Å². The molecule has 0 radical (unpaired) electrons. The van der Waals surface area contributed by atoms with Crippen LogP contribution in [0.4, 0.5) is 3.89 Å². The van der Waals surface area contributed by atoms with E-state index < -0.39 is 15.8 Å². The number of aryl methyl sites for hydroxylation is 1. The highest BCUT2D eigenvalue weighted by atomic mass is 32.3. The van der Waals surface area contributed by atoms with Crippen molar-refractivity contribution in [1.82, 2.24) is 0 Å². The summed E-state index contributed by atoms with van der Waals surface area (Å²) in [5, 5.41) is 0. The normalized spacial score (nSPS) is 18.7. The zero-order valence-corrected chi connectivity index (χ0v) is 9.97. The minimum Gasteiger partial charge on any atom is -0.486 e. The monoisotopic (exact) mass is 244 g/mol. The molecular weight excluding hydrogens is 231 g/mol. The fourth-order valence-corrected chi connectivity index (χ4v) is 2.46. The standard InChI is InChI=1S/C11H13FO3S/c1-11(2)7-6-8-4-3-5-9(10(8)15-11)16(12,13)14/h3-5H,6-7H2,1-2H3. The van der Waals surface area contributed by atoms with Crippen LogP contribution in [0.2, 0.25) is 0 Å². The van der Waals surface area contributed by atoms with Gasteiger partial charge in [0.15, 0.2) is 0 Å². The second-order valence-electron chi connectivity index (χ2n) is 4.54. The summed E-state index contributed by atoms with van der Waals surface area (Å²) in [4.78, 5) is -0.363. The van der Waals surface area contributed by atoms with E-state index >= 15 is 0 Å². The Labute approximate surface area is 94.5 Å². The summed E-state index contributed by atoms with van der Waals surface area (Å²) in [6.45, 7) is 3.72. The molecule has 3 nitrogen and oxygen atoms in total. The van der Waals surface area contributed by atoms with Crippen LogP contribution in [0.1, 0.15) is 25.8 Å². The maximum atomic E-state index is 13.1. The highest BCUT2D eigenvalue weighted by Crippen LogP contribution is 2.38. The second-order valence-corrected chi connectivity index (χ2v) is 5.86. The smallest absolute Gasteiger partial charge is 0.335 e. The van der Waals surface area contributed by atoms with Gasteiger partial charge in [0.25, 0.3) is 0 Å². The maximum absolute atomic E-state index is 13.1. The lowest BCUT2D eigenvalue weighted by molar-refractivity contribution is 0.0805. The van der Waals surface area contributed by atoms with Crippen molar-refractivity contribution in [2.24, 2.45) is 0 Å². The second kappa shape index (κ2) is 3.45. The number of para-hydroxylation sites is 1. The van der Waals surface area contributed by atoms with E-state index in [1.54, 1.807) is 6.07 Å². The van der Waals surface area contributed by atoms with Gasteiger partial charge in [-0.25, -0.2) is 0 Å². The summed E-state index contributed by atoms with van der Waals surface area (Å²) in [7, 11) is -4.72. The summed E-state index contributed by atoms with van der Waals surface area (Å²) in [5.74, 6) is 0.168. The van der Waals surface area contributed by atoms with E-state index in [1.807, 2.05) is 13.8 Å². The number of hydrogen-bond donors (Lipinski definition) is 0. The first-order chi connectivity index (χ1) is 7.30. The summed E-state index contributed by atoms with van der Waals surface area (Å²) < 4.78 is 40.5. The molecule has 1 aliphatic heterocycles. The van der Waals surface area contributed by atoms with Gasteiger partial charge in [-0.1, -0.05) is 12.1 Å². The van der Waals surface area contributed by atoms with E-state index in [1.165, 1.54) is 12.1 Å². The number of benzene rings is 1. The first-order valence-electron chi connectivity index (χ1n) is 5.05. The predicted octanol–water partition coefficient (Wildman–Crippen LogP) is 2.45. The molecule has 0 bridgehead atoms. The third kappa shape index (κ3) is 2.04. The Balaban J connectivity index is 2.60. The third-order valence-corrected chi connectivity index (χ3v) is 3.54. The summed E-state index contributed by atoms with van der Waals surface area (Å²) in [5.41, 5.74) is 0.298. The van der Waals surface area contributed by atoms with Crippen molar-refractivity contribution in [3.05, 3.63) is 23.8 Å². The van der Waals surface area contributed by atoms with Gasteiger partial charge in [-0.3, -0.25) is 0 Å². The molecule has 1 aliphatic rings. The Morgan fingerprint density at radius 1 is 1.38 bits per heavy atom. The van der Waals surface area contributed by atoms with Crippen molar-refractivity contribution in [3.63, 3.8) is 0 Å². The molecule has 0 fully saturated rings. The van der Waals surface area contributed by atoms with Gasteiger partial charge in [0.05, 0.1) is 0 Å². The molecule has 0 atom stereocenters. The maximum Gasteiger partial charge on any atom is 0.335 e. The van der Waals surface area contributed by atoms with Crippen molar-refractivity contribution < 1.29 is 17.0 Å². The highest BCUT2D eigenvalue weighted by Gasteiger charge is 2.31. The third-order valence-electron chi connectivity index (χ3n) is 2.70. The molecule has 0 unspecified atom stereocenters. The zero-order valence-electron chi connectivity index (χ0n) is 9.16. The van der Waals surface area contributed by atoms with Crippen LogP contribution in [0.5, 0.6) is 5.75 Å². The molecule has 88 valence electrons. The van der Waals surface area contributed by atoms with Gasteiger partial charge in [-0.05, 0) is 38.3 Å². The van der Waals surface area contributed by atoms with E-state index in [9.17, 15) is 12.3 Å². The van der Waals surface area contributed by atoms with Gasteiger partial charge >= 0.3 is 10.2 Å². The molecule has 0 saturated heterocycles. The molecule has 1 aromatic carbocycles. The Kier molecular flexibility index (Phi) is 2.45. The van der Waals surface area contributed by atoms with Gasteiger partial charge < -0.3 is 4.74 Å². The van der Waals surface area contributed by atoms with Crippen molar-refractivity contribution in [2.45, 2.75) is 37.2 Å². The topological polar surface area (TPSA) is 43.4 Å². The van der Waals surface area contributed by atoms with E-state index in [-0.39, 0.29) is 10.6 Å². The fraction of sp³-hybridized carbons (Fsp3) is 0.455. The SMILES string of the molecule is CC1(C)CCc2cccc(S(=O)(=O)F)c2O1. The van der Waals surface area contributed by atoms with E-state index in [0.717, 1.165) is 12.0 Å². The quantitative estimate of drug-likeness (QED) is 0.713. The number of fused-ring (bicyclic) bond motifs is 1. The van der Waals surface area contributed by atoms with E-state index in [2.05, 4.69) is 0 Å². The van der Waals surface area contributed by atoms with Crippen LogP contribution in [0.3, 0.4) is 0 Å². The zero-order chi connectivity index (χ0) is 12.0. The Bertz CT molecular complexity index is 520. The predicted molar refractivity (Wildman–Crippen MR) is 57.8 cm³/mol. The number of ether oxygens (including phenoxy) is 1. The van der Waals surface area contributed by atoms with E-state index in [4.69, 9.17) is 4.74 Å². The molecule has 0 amide bonds. The molecular formula is C11H13FO3S. The summed E-state index contributed by atoms with van der Waals surface area (Å²) in [6, 6.07) is 4.53. The van der Waals surface area contributed by atoms with Crippen LogP contribution < -0.4 is 4.74 Å². The minimum atomic E-state index is -4.72. The van der Waals surface area contributed by atoms with Crippen LogP contribution in [0.15, 0.2) is 23.1 Å². The lowest BCUT2D eigenvalue weighted by atomic mass is 9.94. The van der Waals surface area contributed by atoms with Crippen molar-refractivity contribution >= 4 is 10.2 Å². The van der Waals surface area contributed by atoms with Gasteiger partial charge in [0, 0.05) is 0 Å². The molecule has 16 heavy (non-hydrogen) atoms. The first kappa shape index (κ1) is 11.4. The van der Waals surface area contributed by atoms with Gasteiger partial charge in [0.2, 0.25) is 0 Å². The van der Waals surface area contributed by atoms with Gasteiger partial charge in [-0.15, -0.1) is 3.89 Å². The van der Waals surface area contributed by atoms with Crippen LogP contribution >= 0.6 is 0 Å². The first-order valence-corrected chi connectivity index (χ1v) is 6.43. The molecule has 5 heteroatoms. The Morgan fingerprint density at radius 2 is 2.06 bits per heavy atom. The lowest BCUT2D eigenvalue weighted by Gasteiger charge is -2.33. The average molecular weight is 244 g/mol. The highest BCUT2D eigenvalue weighted by molar-refractivity contribution is 7.86. The minimum absolute atomic E-state index is 0.168.